The zero-order chi connectivity index (χ0) is 17.1. The summed E-state index contributed by atoms with van der Waals surface area (Å²) in [4.78, 5) is 26.2. The first-order valence-corrected chi connectivity index (χ1v) is 8.13. The van der Waals surface area contributed by atoms with Crippen LogP contribution in [0.1, 0.15) is 35.0 Å². The Bertz CT molecular complexity index is 755. The number of hydrogen-bond donors (Lipinski definition) is 1. The zero-order valence-electron chi connectivity index (χ0n) is 13.9. The highest BCUT2D eigenvalue weighted by atomic mass is 16.2. The van der Waals surface area contributed by atoms with Crippen LogP contribution in [0, 0.1) is 6.92 Å². The molecule has 1 aromatic heterocycles. The Hall–Kier alpha value is -2.70. The number of piperazine rings is 1. The number of aromatic nitrogens is 3. The van der Waals surface area contributed by atoms with Gasteiger partial charge in [0.05, 0.1) is 12.7 Å². The third kappa shape index (κ3) is 3.15. The summed E-state index contributed by atoms with van der Waals surface area (Å²) in [5, 5.41) is 10.8. The minimum Gasteiger partial charge on any atom is -0.353 e. The van der Waals surface area contributed by atoms with E-state index in [1.54, 1.807) is 15.8 Å². The maximum absolute atomic E-state index is 12.7. The van der Waals surface area contributed by atoms with Crippen LogP contribution in [-0.4, -0.2) is 50.8 Å². The molecule has 1 aliphatic rings. The summed E-state index contributed by atoms with van der Waals surface area (Å²) in [5.74, 6) is -0.350. The molecule has 0 radical (unpaired) electrons. The molecule has 3 rings (SSSR count). The molecule has 1 fully saturated rings. The van der Waals surface area contributed by atoms with Gasteiger partial charge >= 0.3 is 0 Å². The number of amides is 2. The fourth-order valence-corrected chi connectivity index (χ4v) is 2.95. The van der Waals surface area contributed by atoms with Crippen molar-refractivity contribution in [1.29, 1.82) is 0 Å². The lowest BCUT2D eigenvalue weighted by Crippen LogP contribution is -2.57. The summed E-state index contributed by atoms with van der Waals surface area (Å²) in [6.45, 7) is 5.46. The highest BCUT2D eigenvalue weighted by Crippen LogP contribution is 2.13. The first-order valence-electron chi connectivity index (χ1n) is 8.13. The van der Waals surface area contributed by atoms with E-state index in [0.29, 0.717) is 26.1 Å². The second-order valence-corrected chi connectivity index (χ2v) is 5.94. The normalized spacial score (nSPS) is 17.7. The Morgan fingerprint density at radius 2 is 2.17 bits per heavy atom. The van der Waals surface area contributed by atoms with Crippen molar-refractivity contribution in [3.8, 4) is 0 Å². The van der Waals surface area contributed by atoms with Crippen LogP contribution < -0.4 is 5.32 Å². The van der Waals surface area contributed by atoms with Crippen LogP contribution in [-0.2, 0) is 11.3 Å². The number of hydrogen-bond acceptors (Lipinski definition) is 4. The van der Waals surface area contributed by atoms with Crippen molar-refractivity contribution in [1.82, 2.24) is 25.2 Å². The van der Waals surface area contributed by atoms with E-state index < -0.39 is 6.04 Å². The van der Waals surface area contributed by atoms with Gasteiger partial charge in [-0.1, -0.05) is 36.4 Å². The SMILES string of the molecule is CCC1C(=O)NCCN1C(=O)c1cn(Cc2ccccc2C)nn1. The lowest BCUT2D eigenvalue weighted by Gasteiger charge is -2.33. The molecule has 2 amide bonds. The fourth-order valence-electron chi connectivity index (χ4n) is 2.95. The van der Waals surface area contributed by atoms with E-state index in [-0.39, 0.29) is 17.5 Å². The highest BCUT2D eigenvalue weighted by molar-refractivity contribution is 5.96. The molecule has 1 unspecified atom stereocenters. The molecule has 1 aliphatic heterocycles. The zero-order valence-corrected chi connectivity index (χ0v) is 13.9. The van der Waals surface area contributed by atoms with Crippen molar-refractivity contribution in [3.05, 3.63) is 47.3 Å². The third-order valence-electron chi connectivity index (χ3n) is 4.33. The van der Waals surface area contributed by atoms with Gasteiger partial charge < -0.3 is 10.2 Å². The molecule has 0 saturated carbocycles. The number of nitrogens with zero attached hydrogens (tertiary/aromatic N) is 4. The molecule has 7 heteroatoms. The predicted octanol–water partition coefficient (Wildman–Crippen LogP) is 0.985. The van der Waals surface area contributed by atoms with Crippen molar-refractivity contribution >= 4 is 11.8 Å². The molecule has 7 nitrogen and oxygen atoms in total. The molecular weight excluding hydrogens is 306 g/mol. The van der Waals surface area contributed by atoms with E-state index in [1.807, 2.05) is 38.1 Å². The number of nitrogens with one attached hydrogen (secondary N) is 1. The van der Waals surface area contributed by atoms with Crippen molar-refractivity contribution in [3.63, 3.8) is 0 Å². The van der Waals surface area contributed by atoms with Gasteiger partial charge in [0.15, 0.2) is 5.69 Å². The van der Waals surface area contributed by atoms with E-state index in [9.17, 15) is 9.59 Å². The van der Waals surface area contributed by atoms with Gasteiger partial charge in [-0.05, 0) is 24.5 Å². The average molecular weight is 327 g/mol. The van der Waals surface area contributed by atoms with Gasteiger partial charge in [0.25, 0.3) is 5.91 Å². The summed E-state index contributed by atoms with van der Waals surface area (Å²) in [6, 6.07) is 7.59. The molecule has 1 atom stereocenters. The van der Waals surface area contributed by atoms with Crippen molar-refractivity contribution in [2.75, 3.05) is 13.1 Å². The summed E-state index contributed by atoms with van der Waals surface area (Å²) >= 11 is 0. The van der Waals surface area contributed by atoms with E-state index in [4.69, 9.17) is 0 Å². The first-order chi connectivity index (χ1) is 11.6. The smallest absolute Gasteiger partial charge is 0.276 e. The quantitative estimate of drug-likeness (QED) is 0.908. The average Bonchev–Trinajstić information content (AvgIpc) is 3.04. The molecule has 1 saturated heterocycles. The molecule has 0 bridgehead atoms. The number of rotatable bonds is 4. The first kappa shape index (κ1) is 16.2. The molecule has 2 aromatic rings. The van der Waals surface area contributed by atoms with Gasteiger partial charge in [-0.3, -0.25) is 9.59 Å². The minimum absolute atomic E-state index is 0.107. The van der Waals surface area contributed by atoms with E-state index >= 15 is 0 Å². The second kappa shape index (κ2) is 6.82. The molecule has 126 valence electrons. The summed E-state index contributed by atoms with van der Waals surface area (Å²) in [6.07, 6.45) is 2.23. The maximum atomic E-state index is 12.7. The van der Waals surface area contributed by atoms with Crippen LogP contribution in [0.15, 0.2) is 30.5 Å². The fraction of sp³-hybridized carbons (Fsp3) is 0.412. The van der Waals surface area contributed by atoms with Crippen LogP contribution in [0.2, 0.25) is 0 Å². The molecule has 1 N–H and O–H groups in total. The van der Waals surface area contributed by atoms with E-state index in [1.165, 1.54) is 5.56 Å². The molecule has 24 heavy (non-hydrogen) atoms. The van der Waals surface area contributed by atoms with Gasteiger partial charge in [0.2, 0.25) is 5.91 Å². The van der Waals surface area contributed by atoms with Gasteiger partial charge in [-0.15, -0.1) is 5.10 Å². The number of benzene rings is 1. The van der Waals surface area contributed by atoms with Gasteiger partial charge in [-0.25, -0.2) is 4.68 Å². The number of aryl methyl sites for hydroxylation is 1. The van der Waals surface area contributed by atoms with Crippen LogP contribution in [0.3, 0.4) is 0 Å². The third-order valence-corrected chi connectivity index (χ3v) is 4.33. The summed E-state index contributed by atoms with van der Waals surface area (Å²) in [7, 11) is 0. The van der Waals surface area contributed by atoms with Crippen LogP contribution in [0.25, 0.3) is 0 Å². The second-order valence-electron chi connectivity index (χ2n) is 5.94. The van der Waals surface area contributed by atoms with Crippen molar-refractivity contribution in [2.45, 2.75) is 32.9 Å². The number of carbonyl (C=O) groups is 2. The van der Waals surface area contributed by atoms with Crippen LogP contribution >= 0.6 is 0 Å². The lowest BCUT2D eigenvalue weighted by atomic mass is 10.1. The Balaban J connectivity index is 1.76. The topological polar surface area (TPSA) is 80.1 Å². The lowest BCUT2D eigenvalue weighted by molar-refractivity contribution is -0.127. The van der Waals surface area contributed by atoms with E-state index in [0.717, 1.165) is 5.56 Å². The Morgan fingerprint density at radius 3 is 2.92 bits per heavy atom. The van der Waals surface area contributed by atoms with Crippen molar-refractivity contribution in [2.24, 2.45) is 0 Å². The Morgan fingerprint density at radius 1 is 1.38 bits per heavy atom. The summed E-state index contributed by atoms with van der Waals surface area (Å²) in [5.41, 5.74) is 2.57. The minimum atomic E-state index is -0.437. The van der Waals surface area contributed by atoms with Gasteiger partial charge in [0, 0.05) is 13.1 Å². The number of carbonyl (C=O) groups excluding carboxylic acids is 2. The van der Waals surface area contributed by atoms with Crippen molar-refractivity contribution < 1.29 is 9.59 Å². The molecule has 0 aliphatic carbocycles. The molecule has 0 spiro atoms. The maximum Gasteiger partial charge on any atom is 0.276 e. The monoisotopic (exact) mass is 327 g/mol. The largest absolute Gasteiger partial charge is 0.353 e. The van der Waals surface area contributed by atoms with Crippen LogP contribution in [0.4, 0.5) is 0 Å². The van der Waals surface area contributed by atoms with Gasteiger partial charge in [0.1, 0.15) is 6.04 Å². The summed E-state index contributed by atoms with van der Waals surface area (Å²) < 4.78 is 1.65. The predicted molar refractivity (Wildman–Crippen MR) is 88.4 cm³/mol. The van der Waals surface area contributed by atoms with E-state index in [2.05, 4.69) is 15.6 Å². The Labute approximate surface area is 140 Å². The molecular formula is C17H21N5O2. The van der Waals surface area contributed by atoms with Gasteiger partial charge in [-0.2, -0.15) is 0 Å². The standard InChI is InChI=1S/C17H21N5O2/c1-3-15-16(23)18-8-9-22(15)17(24)14-11-21(20-19-14)10-13-7-5-4-6-12(13)2/h4-7,11,15H,3,8-10H2,1-2H3,(H,18,23). The Kier molecular flexibility index (Phi) is 4.59. The van der Waals surface area contributed by atoms with Crippen LogP contribution in [0.5, 0.6) is 0 Å². The molecule has 1 aromatic carbocycles. The molecule has 2 heterocycles. The highest BCUT2D eigenvalue weighted by Gasteiger charge is 2.33.